The van der Waals surface area contributed by atoms with Crippen LogP contribution in [0.25, 0.3) is 0 Å². The van der Waals surface area contributed by atoms with Gasteiger partial charge in [0.15, 0.2) is 0 Å². The van der Waals surface area contributed by atoms with Gasteiger partial charge < -0.3 is 11.1 Å². The maximum absolute atomic E-state index is 12.1. The van der Waals surface area contributed by atoms with E-state index in [4.69, 9.17) is 5.73 Å². The summed E-state index contributed by atoms with van der Waals surface area (Å²) in [6.07, 6.45) is 3.42. The van der Waals surface area contributed by atoms with Gasteiger partial charge >= 0.3 is 0 Å². The van der Waals surface area contributed by atoms with E-state index in [9.17, 15) is 4.79 Å². The number of rotatable bonds is 5. The molecule has 0 radical (unpaired) electrons. The molecular weight excluding hydrogens is 258 g/mol. The van der Waals surface area contributed by atoms with Gasteiger partial charge in [-0.25, -0.2) is 4.98 Å². The minimum absolute atomic E-state index is 0.0526. The van der Waals surface area contributed by atoms with E-state index < -0.39 is 0 Å². The number of hydrogen-bond acceptors (Lipinski definition) is 4. The predicted octanol–water partition coefficient (Wildman–Crippen LogP) is 3.00. The highest BCUT2D eigenvalue weighted by Gasteiger charge is 2.16. The van der Waals surface area contributed by atoms with E-state index in [-0.39, 0.29) is 11.9 Å². The Hall–Kier alpha value is -1.88. The molecule has 2 rings (SSSR count). The van der Waals surface area contributed by atoms with Crippen LogP contribution in [0, 0.1) is 0 Å². The van der Waals surface area contributed by atoms with Gasteiger partial charge in [-0.1, -0.05) is 19.4 Å². The Bertz CT molecular complexity index is 522. The molecule has 1 amide bonds. The van der Waals surface area contributed by atoms with Crippen molar-refractivity contribution in [3.05, 3.63) is 46.4 Å². The lowest BCUT2D eigenvalue weighted by Gasteiger charge is -2.16. The van der Waals surface area contributed by atoms with Crippen LogP contribution in [-0.2, 0) is 0 Å². The summed E-state index contributed by atoms with van der Waals surface area (Å²) in [6.45, 7) is 2.11. The Labute approximate surface area is 116 Å². The standard InChI is InChI=1S/C14H17N3OS/c1-2-4-11(13-5-3-8-19-13)17-14(18)12-7-6-10(15)9-16-12/h3,5-9,11H,2,4,15H2,1H3,(H,17,18). The first-order valence-corrected chi connectivity index (χ1v) is 7.14. The molecule has 0 saturated carbocycles. The predicted molar refractivity (Wildman–Crippen MR) is 78.1 cm³/mol. The molecule has 2 aromatic rings. The second-order valence-electron chi connectivity index (χ2n) is 4.31. The molecule has 19 heavy (non-hydrogen) atoms. The van der Waals surface area contributed by atoms with E-state index in [1.54, 1.807) is 23.5 Å². The third kappa shape index (κ3) is 3.54. The fourth-order valence-corrected chi connectivity index (χ4v) is 2.65. The molecule has 5 heteroatoms. The molecule has 0 aliphatic carbocycles. The Morgan fingerprint density at radius 1 is 1.47 bits per heavy atom. The number of carbonyl (C=O) groups is 1. The molecule has 0 fully saturated rings. The van der Waals surface area contributed by atoms with Crippen molar-refractivity contribution in [2.75, 3.05) is 5.73 Å². The quantitative estimate of drug-likeness (QED) is 0.881. The lowest BCUT2D eigenvalue weighted by atomic mass is 10.1. The van der Waals surface area contributed by atoms with Crippen LogP contribution in [0.5, 0.6) is 0 Å². The van der Waals surface area contributed by atoms with Crippen molar-refractivity contribution < 1.29 is 4.79 Å². The largest absolute Gasteiger partial charge is 0.397 e. The number of hydrogen-bond donors (Lipinski definition) is 2. The van der Waals surface area contributed by atoms with E-state index in [1.807, 2.05) is 17.5 Å². The number of nitrogens with one attached hydrogen (secondary N) is 1. The summed E-state index contributed by atoms with van der Waals surface area (Å²) in [6, 6.07) is 7.42. The second-order valence-corrected chi connectivity index (χ2v) is 5.29. The van der Waals surface area contributed by atoms with Crippen LogP contribution in [0.1, 0.15) is 41.2 Å². The number of carbonyl (C=O) groups excluding carboxylic acids is 1. The van der Waals surface area contributed by atoms with Gasteiger partial charge in [0.25, 0.3) is 5.91 Å². The lowest BCUT2D eigenvalue weighted by Crippen LogP contribution is -2.28. The molecular formula is C14H17N3OS. The van der Waals surface area contributed by atoms with Crippen molar-refractivity contribution in [2.24, 2.45) is 0 Å². The Morgan fingerprint density at radius 3 is 2.89 bits per heavy atom. The van der Waals surface area contributed by atoms with Crippen LogP contribution >= 0.6 is 11.3 Å². The van der Waals surface area contributed by atoms with Crippen molar-refractivity contribution in [1.29, 1.82) is 0 Å². The van der Waals surface area contributed by atoms with Gasteiger partial charge in [-0.3, -0.25) is 4.79 Å². The van der Waals surface area contributed by atoms with Crippen LogP contribution < -0.4 is 11.1 Å². The molecule has 0 saturated heterocycles. The number of nitrogen functional groups attached to an aromatic ring is 1. The molecule has 3 N–H and O–H groups in total. The number of pyridine rings is 1. The highest BCUT2D eigenvalue weighted by molar-refractivity contribution is 7.10. The number of aromatic nitrogens is 1. The van der Waals surface area contributed by atoms with Crippen LogP contribution in [0.2, 0.25) is 0 Å². The van der Waals surface area contributed by atoms with Gasteiger partial charge in [0.1, 0.15) is 5.69 Å². The van der Waals surface area contributed by atoms with E-state index in [1.165, 1.54) is 11.1 Å². The number of thiophene rings is 1. The van der Waals surface area contributed by atoms with Crippen molar-refractivity contribution in [1.82, 2.24) is 10.3 Å². The van der Waals surface area contributed by atoms with Crippen molar-refractivity contribution >= 4 is 22.9 Å². The molecule has 1 unspecified atom stereocenters. The fraction of sp³-hybridized carbons (Fsp3) is 0.286. The summed E-state index contributed by atoms with van der Waals surface area (Å²) in [4.78, 5) is 17.3. The first-order valence-electron chi connectivity index (χ1n) is 6.26. The first-order chi connectivity index (χ1) is 9.20. The summed E-state index contributed by atoms with van der Waals surface area (Å²) in [7, 11) is 0. The zero-order chi connectivity index (χ0) is 13.7. The second kappa shape index (κ2) is 6.33. The van der Waals surface area contributed by atoms with E-state index in [0.29, 0.717) is 11.4 Å². The smallest absolute Gasteiger partial charge is 0.270 e. The Morgan fingerprint density at radius 2 is 2.32 bits per heavy atom. The Balaban J connectivity index is 2.09. The van der Waals surface area contributed by atoms with Gasteiger partial charge in [-0.15, -0.1) is 11.3 Å². The van der Waals surface area contributed by atoms with Gasteiger partial charge in [-0.05, 0) is 30.0 Å². The zero-order valence-corrected chi connectivity index (χ0v) is 11.6. The minimum Gasteiger partial charge on any atom is -0.397 e. The maximum Gasteiger partial charge on any atom is 0.270 e. The van der Waals surface area contributed by atoms with Crippen molar-refractivity contribution in [2.45, 2.75) is 25.8 Å². The molecule has 0 aliphatic heterocycles. The third-order valence-electron chi connectivity index (χ3n) is 2.79. The fourth-order valence-electron chi connectivity index (χ4n) is 1.84. The average molecular weight is 275 g/mol. The van der Waals surface area contributed by atoms with E-state index >= 15 is 0 Å². The van der Waals surface area contributed by atoms with Crippen LogP contribution in [0.4, 0.5) is 5.69 Å². The normalized spacial score (nSPS) is 12.1. The SMILES string of the molecule is CCCC(NC(=O)c1ccc(N)cn1)c1cccs1. The van der Waals surface area contributed by atoms with Gasteiger partial charge in [0.2, 0.25) is 0 Å². The molecule has 0 bridgehead atoms. The molecule has 2 aromatic heterocycles. The summed E-state index contributed by atoms with van der Waals surface area (Å²) in [5, 5.41) is 5.04. The molecule has 100 valence electrons. The molecule has 2 heterocycles. The lowest BCUT2D eigenvalue weighted by molar-refractivity contribution is 0.0930. The van der Waals surface area contributed by atoms with Gasteiger partial charge in [0.05, 0.1) is 17.9 Å². The molecule has 0 aliphatic rings. The highest BCUT2D eigenvalue weighted by atomic mass is 32.1. The van der Waals surface area contributed by atoms with Crippen LogP contribution in [0.15, 0.2) is 35.8 Å². The average Bonchev–Trinajstić information content (AvgIpc) is 2.92. The van der Waals surface area contributed by atoms with Crippen molar-refractivity contribution in [3.8, 4) is 0 Å². The summed E-state index contributed by atoms with van der Waals surface area (Å²) in [5.41, 5.74) is 6.51. The molecule has 4 nitrogen and oxygen atoms in total. The minimum atomic E-state index is -0.160. The van der Waals surface area contributed by atoms with E-state index in [0.717, 1.165) is 12.8 Å². The molecule has 1 atom stereocenters. The topological polar surface area (TPSA) is 68.0 Å². The molecule has 0 aromatic carbocycles. The highest BCUT2D eigenvalue weighted by Crippen LogP contribution is 2.23. The van der Waals surface area contributed by atoms with Gasteiger partial charge in [0, 0.05) is 4.88 Å². The summed E-state index contributed by atoms with van der Waals surface area (Å²) < 4.78 is 0. The van der Waals surface area contributed by atoms with Crippen molar-refractivity contribution in [3.63, 3.8) is 0 Å². The number of nitrogens with zero attached hydrogens (tertiary/aromatic N) is 1. The monoisotopic (exact) mass is 275 g/mol. The first kappa shape index (κ1) is 13.5. The summed E-state index contributed by atoms with van der Waals surface area (Å²) in [5.74, 6) is -0.160. The molecule has 0 spiro atoms. The van der Waals surface area contributed by atoms with Crippen LogP contribution in [-0.4, -0.2) is 10.9 Å². The Kier molecular flexibility index (Phi) is 4.52. The van der Waals surface area contributed by atoms with E-state index in [2.05, 4.69) is 17.2 Å². The number of nitrogens with two attached hydrogens (primary N) is 1. The summed E-state index contributed by atoms with van der Waals surface area (Å²) >= 11 is 1.66. The van der Waals surface area contributed by atoms with Crippen LogP contribution in [0.3, 0.4) is 0 Å². The third-order valence-corrected chi connectivity index (χ3v) is 3.77. The van der Waals surface area contributed by atoms with Gasteiger partial charge in [-0.2, -0.15) is 0 Å². The zero-order valence-electron chi connectivity index (χ0n) is 10.8. The number of anilines is 1. The maximum atomic E-state index is 12.1. The number of amides is 1.